The smallest absolute Gasteiger partial charge is 0.411 e. The summed E-state index contributed by atoms with van der Waals surface area (Å²) < 4.78 is 5.53. The summed E-state index contributed by atoms with van der Waals surface area (Å²) in [7, 11) is 0. The van der Waals surface area contributed by atoms with E-state index in [1.165, 1.54) is 25.9 Å². The zero-order chi connectivity index (χ0) is 16.4. The molecule has 3 aliphatic heterocycles. The molecule has 2 bridgehead atoms. The molecule has 1 atom stereocenters. The highest BCUT2D eigenvalue weighted by atomic mass is 35.5. The summed E-state index contributed by atoms with van der Waals surface area (Å²) >= 11 is 1.62. The number of rotatable bonds is 4. The Morgan fingerprint density at radius 3 is 2.64 bits per heavy atom. The zero-order valence-electron chi connectivity index (χ0n) is 14.0. The van der Waals surface area contributed by atoms with Gasteiger partial charge in [-0.2, -0.15) is 0 Å². The molecule has 0 saturated carbocycles. The lowest BCUT2D eigenvalue weighted by molar-refractivity contribution is 0.0151. The third-order valence-electron chi connectivity index (χ3n) is 5.16. The van der Waals surface area contributed by atoms with E-state index in [9.17, 15) is 4.79 Å². The van der Waals surface area contributed by atoms with Gasteiger partial charge in [0.15, 0.2) is 0 Å². The van der Waals surface area contributed by atoms with E-state index in [2.05, 4.69) is 22.3 Å². The lowest BCUT2D eigenvalue weighted by Gasteiger charge is -2.44. The molecule has 4 heterocycles. The number of benzene rings is 1. The van der Waals surface area contributed by atoms with Crippen molar-refractivity contribution in [1.82, 2.24) is 4.90 Å². The quantitative estimate of drug-likeness (QED) is 0.836. The van der Waals surface area contributed by atoms with Crippen molar-refractivity contribution in [3.63, 3.8) is 0 Å². The van der Waals surface area contributed by atoms with Gasteiger partial charge in [0.2, 0.25) is 0 Å². The van der Waals surface area contributed by atoms with E-state index in [0.717, 1.165) is 28.6 Å². The standard InChI is InChI=1S/C19H22N2O2S.ClH/c22-19(23-13-16-12-21-9-6-14(16)7-10-21)20-17-8-11-24-18(17)15-4-2-1-3-5-15;/h1-5,8,11,14,16H,6-7,9-10,12-13H2,(H,20,22);1H. The fourth-order valence-electron chi connectivity index (χ4n) is 3.83. The Kier molecular flexibility index (Phi) is 5.99. The van der Waals surface area contributed by atoms with Gasteiger partial charge in [-0.05, 0) is 48.9 Å². The number of hydrogen-bond acceptors (Lipinski definition) is 4. The Balaban J connectivity index is 0.00000182. The highest BCUT2D eigenvalue weighted by Gasteiger charge is 2.34. The Bertz CT molecular complexity index is 698. The maximum absolute atomic E-state index is 12.2. The second kappa shape index (κ2) is 8.21. The molecule has 3 aliphatic rings. The number of nitrogens with one attached hydrogen (secondary N) is 1. The fourth-order valence-corrected chi connectivity index (χ4v) is 4.68. The van der Waals surface area contributed by atoms with Crippen molar-refractivity contribution in [2.75, 3.05) is 31.6 Å². The SMILES string of the molecule is Cl.O=C(Nc1ccsc1-c1ccccc1)OCC1CN2CCC1CC2. The van der Waals surface area contributed by atoms with Crippen LogP contribution in [-0.4, -0.2) is 37.2 Å². The molecular formula is C19H23ClN2O2S. The van der Waals surface area contributed by atoms with Crippen molar-refractivity contribution in [3.8, 4) is 10.4 Å². The molecule has 0 radical (unpaired) electrons. The molecule has 1 aromatic carbocycles. The molecule has 1 N–H and O–H groups in total. The molecule has 0 spiro atoms. The normalized spacial score (nSPS) is 24.4. The minimum Gasteiger partial charge on any atom is -0.449 e. The summed E-state index contributed by atoms with van der Waals surface area (Å²) in [6, 6.07) is 12.0. The molecule has 5 rings (SSSR count). The number of amides is 1. The average molecular weight is 379 g/mol. The van der Waals surface area contributed by atoms with E-state index >= 15 is 0 Å². The van der Waals surface area contributed by atoms with Crippen LogP contribution in [0.1, 0.15) is 12.8 Å². The van der Waals surface area contributed by atoms with E-state index in [1.807, 2.05) is 29.6 Å². The Hall–Kier alpha value is -1.56. The first-order valence-electron chi connectivity index (χ1n) is 8.58. The first kappa shape index (κ1) is 18.2. The van der Waals surface area contributed by atoms with E-state index in [1.54, 1.807) is 11.3 Å². The maximum Gasteiger partial charge on any atom is 0.411 e. The minimum absolute atomic E-state index is 0. The Labute approximate surface area is 158 Å². The first-order chi connectivity index (χ1) is 11.8. The van der Waals surface area contributed by atoms with Gasteiger partial charge in [0.1, 0.15) is 0 Å². The topological polar surface area (TPSA) is 41.6 Å². The number of carbonyl (C=O) groups is 1. The summed E-state index contributed by atoms with van der Waals surface area (Å²) in [5.74, 6) is 1.22. The summed E-state index contributed by atoms with van der Waals surface area (Å²) in [5.41, 5.74) is 1.94. The van der Waals surface area contributed by atoms with Gasteiger partial charge in [-0.1, -0.05) is 30.3 Å². The van der Waals surface area contributed by atoms with Crippen molar-refractivity contribution in [3.05, 3.63) is 41.8 Å². The molecule has 134 valence electrons. The molecule has 2 aromatic rings. The molecule has 25 heavy (non-hydrogen) atoms. The van der Waals surface area contributed by atoms with Crippen molar-refractivity contribution in [1.29, 1.82) is 0 Å². The lowest BCUT2D eigenvalue weighted by atomic mass is 9.79. The number of piperidine rings is 3. The molecular weight excluding hydrogens is 356 g/mol. The van der Waals surface area contributed by atoms with E-state index in [4.69, 9.17) is 4.74 Å². The highest BCUT2D eigenvalue weighted by Crippen LogP contribution is 2.34. The summed E-state index contributed by atoms with van der Waals surface area (Å²) in [4.78, 5) is 15.8. The summed E-state index contributed by atoms with van der Waals surface area (Å²) in [6.45, 7) is 4.02. The number of carbonyl (C=O) groups excluding carboxylic acids is 1. The number of hydrogen-bond donors (Lipinski definition) is 1. The summed E-state index contributed by atoms with van der Waals surface area (Å²) in [6.07, 6.45) is 2.15. The van der Waals surface area contributed by atoms with Crippen LogP contribution in [-0.2, 0) is 4.74 Å². The molecule has 1 unspecified atom stereocenters. The molecule has 1 amide bonds. The van der Waals surface area contributed by atoms with Gasteiger partial charge in [-0.3, -0.25) is 5.32 Å². The van der Waals surface area contributed by atoms with Crippen LogP contribution in [0.15, 0.2) is 41.8 Å². The van der Waals surface area contributed by atoms with Crippen molar-refractivity contribution >= 4 is 35.5 Å². The van der Waals surface area contributed by atoms with Crippen LogP contribution in [0, 0.1) is 11.8 Å². The fraction of sp³-hybridized carbons (Fsp3) is 0.421. The number of thiophene rings is 1. The molecule has 6 heteroatoms. The van der Waals surface area contributed by atoms with Crippen molar-refractivity contribution in [2.45, 2.75) is 12.8 Å². The minimum atomic E-state index is -0.345. The number of nitrogens with zero attached hydrogens (tertiary/aromatic N) is 1. The van der Waals surface area contributed by atoms with E-state index < -0.39 is 0 Å². The molecule has 0 aliphatic carbocycles. The van der Waals surface area contributed by atoms with E-state index in [0.29, 0.717) is 12.5 Å². The molecule has 4 nitrogen and oxygen atoms in total. The third-order valence-corrected chi connectivity index (χ3v) is 6.12. The van der Waals surface area contributed by atoms with Gasteiger partial charge in [0.25, 0.3) is 0 Å². The predicted molar refractivity (Wildman–Crippen MR) is 105 cm³/mol. The van der Waals surface area contributed by atoms with Gasteiger partial charge < -0.3 is 9.64 Å². The van der Waals surface area contributed by atoms with Crippen LogP contribution < -0.4 is 5.32 Å². The number of halogens is 1. The van der Waals surface area contributed by atoms with Gasteiger partial charge in [-0.25, -0.2) is 4.79 Å². The Morgan fingerprint density at radius 2 is 1.96 bits per heavy atom. The van der Waals surface area contributed by atoms with Crippen LogP contribution in [0.2, 0.25) is 0 Å². The number of fused-ring (bicyclic) bond motifs is 3. The number of ether oxygens (including phenoxy) is 1. The summed E-state index contributed by atoms with van der Waals surface area (Å²) in [5, 5.41) is 4.90. The van der Waals surface area contributed by atoms with Crippen molar-refractivity contribution in [2.24, 2.45) is 11.8 Å². The Morgan fingerprint density at radius 1 is 1.20 bits per heavy atom. The maximum atomic E-state index is 12.2. The molecule has 3 saturated heterocycles. The highest BCUT2D eigenvalue weighted by molar-refractivity contribution is 7.14. The second-order valence-electron chi connectivity index (χ2n) is 6.65. The van der Waals surface area contributed by atoms with Gasteiger partial charge >= 0.3 is 6.09 Å². The third kappa shape index (κ3) is 4.17. The second-order valence-corrected chi connectivity index (χ2v) is 7.57. The van der Waals surface area contributed by atoms with E-state index in [-0.39, 0.29) is 18.5 Å². The monoisotopic (exact) mass is 378 g/mol. The van der Waals surface area contributed by atoms with Crippen LogP contribution in [0.25, 0.3) is 10.4 Å². The first-order valence-corrected chi connectivity index (χ1v) is 9.46. The zero-order valence-corrected chi connectivity index (χ0v) is 15.7. The average Bonchev–Trinajstić information content (AvgIpc) is 3.10. The lowest BCUT2D eigenvalue weighted by Crippen LogP contribution is -2.49. The van der Waals surface area contributed by atoms with Gasteiger partial charge in [-0.15, -0.1) is 23.7 Å². The largest absolute Gasteiger partial charge is 0.449 e. The molecule has 3 fully saturated rings. The molecule has 1 aromatic heterocycles. The van der Waals surface area contributed by atoms with Crippen molar-refractivity contribution < 1.29 is 9.53 Å². The van der Waals surface area contributed by atoms with Gasteiger partial charge in [0.05, 0.1) is 17.2 Å². The van der Waals surface area contributed by atoms with Crippen LogP contribution in [0.3, 0.4) is 0 Å². The van der Waals surface area contributed by atoms with Gasteiger partial charge in [0, 0.05) is 12.5 Å². The van der Waals surface area contributed by atoms with Crippen LogP contribution >= 0.6 is 23.7 Å². The van der Waals surface area contributed by atoms with Crippen LogP contribution in [0.5, 0.6) is 0 Å². The van der Waals surface area contributed by atoms with Crippen LogP contribution in [0.4, 0.5) is 10.5 Å². The number of anilines is 1. The predicted octanol–water partition coefficient (Wildman–Crippen LogP) is 4.73.